The van der Waals surface area contributed by atoms with E-state index in [4.69, 9.17) is 0 Å². The second-order valence-electron chi connectivity index (χ2n) is 5.66. The fraction of sp³-hybridized carbons (Fsp3) is 0.786. The Bertz CT molecular complexity index is 402. The zero-order valence-electron chi connectivity index (χ0n) is 11.8. The highest BCUT2D eigenvalue weighted by molar-refractivity contribution is 7.15. The summed E-state index contributed by atoms with van der Waals surface area (Å²) in [6.45, 7) is 6.14. The van der Waals surface area contributed by atoms with Crippen molar-refractivity contribution in [2.45, 2.75) is 58.6 Å². The zero-order chi connectivity index (χ0) is 13.3. The minimum Gasteiger partial charge on any atom is -0.388 e. The largest absolute Gasteiger partial charge is 0.388 e. The molecule has 0 aromatic carbocycles. The molecule has 0 radical (unpaired) electrons. The van der Waals surface area contributed by atoms with Crippen LogP contribution in [0.15, 0.2) is 0 Å². The first-order valence-corrected chi connectivity index (χ1v) is 7.69. The minimum absolute atomic E-state index is 0.407. The molecule has 1 N–H and O–H groups in total. The molecule has 1 heterocycles. The van der Waals surface area contributed by atoms with Gasteiger partial charge in [0.2, 0.25) is 0 Å². The van der Waals surface area contributed by atoms with Gasteiger partial charge in [-0.2, -0.15) is 0 Å². The summed E-state index contributed by atoms with van der Waals surface area (Å²) < 4.78 is 0. The maximum atomic E-state index is 9.70. The molecule has 18 heavy (non-hydrogen) atoms. The molecule has 1 aliphatic rings. The molecular weight excluding hydrogens is 244 g/mol. The van der Waals surface area contributed by atoms with Crippen LogP contribution in [0, 0.1) is 12.8 Å². The summed E-state index contributed by atoms with van der Waals surface area (Å²) in [4.78, 5) is 7.94. The van der Waals surface area contributed by atoms with Crippen LogP contribution < -0.4 is 4.90 Å². The van der Waals surface area contributed by atoms with Gasteiger partial charge in [-0.3, -0.25) is 0 Å². The van der Waals surface area contributed by atoms with Crippen LogP contribution in [-0.2, 0) is 0 Å². The van der Waals surface area contributed by atoms with Crippen LogP contribution >= 0.6 is 11.3 Å². The monoisotopic (exact) mass is 268 g/mol. The van der Waals surface area contributed by atoms with Crippen LogP contribution in [-0.4, -0.2) is 23.2 Å². The summed E-state index contributed by atoms with van der Waals surface area (Å²) in [6, 6.07) is 0.612. The molecule has 0 bridgehead atoms. The van der Waals surface area contributed by atoms with E-state index >= 15 is 0 Å². The number of aromatic nitrogens is 1. The minimum atomic E-state index is -0.407. The standard InChI is InChI=1S/C14H24N2OS/c1-9-6-5-7-12(8-9)16(4)14-15-10(2)13(18-14)11(3)17/h9,11-12,17H,5-8H2,1-4H3. The number of nitrogens with zero attached hydrogens (tertiary/aromatic N) is 2. The summed E-state index contributed by atoms with van der Waals surface area (Å²) in [7, 11) is 2.15. The molecule has 102 valence electrons. The lowest BCUT2D eigenvalue weighted by atomic mass is 9.86. The van der Waals surface area contributed by atoms with Gasteiger partial charge in [0, 0.05) is 13.1 Å². The first-order chi connectivity index (χ1) is 8.49. The van der Waals surface area contributed by atoms with Crippen LogP contribution in [0.25, 0.3) is 0 Å². The van der Waals surface area contributed by atoms with Gasteiger partial charge in [-0.25, -0.2) is 4.98 Å². The lowest BCUT2D eigenvalue weighted by Crippen LogP contribution is -2.35. The molecule has 3 unspecified atom stereocenters. The van der Waals surface area contributed by atoms with Crippen molar-refractivity contribution in [3.05, 3.63) is 10.6 Å². The first kappa shape index (κ1) is 13.8. The number of hydrogen-bond acceptors (Lipinski definition) is 4. The topological polar surface area (TPSA) is 36.4 Å². The fourth-order valence-electron chi connectivity index (χ4n) is 2.84. The Hall–Kier alpha value is -0.610. The van der Waals surface area contributed by atoms with E-state index in [0.29, 0.717) is 6.04 Å². The number of hydrogen-bond donors (Lipinski definition) is 1. The number of rotatable bonds is 3. The predicted molar refractivity (Wildman–Crippen MR) is 77.3 cm³/mol. The third kappa shape index (κ3) is 2.86. The third-order valence-electron chi connectivity index (χ3n) is 3.96. The highest BCUT2D eigenvalue weighted by Gasteiger charge is 2.25. The summed E-state index contributed by atoms with van der Waals surface area (Å²) in [6.07, 6.45) is 4.81. The molecule has 0 aliphatic heterocycles. The Morgan fingerprint density at radius 3 is 2.72 bits per heavy atom. The van der Waals surface area contributed by atoms with Crippen LogP contribution in [0.3, 0.4) is 0 Å². The SMILES string of the molecule is Cc1nc(N(C)C2CCCC(C)C2)sc1C(C)O. The van der Waals surface area contributed by atoms with Gasteiger partial charge in [-0.15, -0.1) is 0 Å². The molecule has 1 aromatic rings. The van der Waals surface area contributed by atoms with Gasteiger partial charge in [-0.1, -0.05) is 31.1 Å². The van der Waals surface area contributed by atoms with E-state index in [1.165, 1.54) is 25.7 Å². The number of aliphatic hydroxyl groups excluding tert-OH is 1. The van der Waals surface area contributed by atoms with Crippen molar-refractivity contribution >= 4 is 16.5 Å². The Morgan fingerprint density at radius 1 is 1.44 bits per heavy atom. The van der Waals surface area contributed by atoms with Crippen LogP contribution in [0.4, 0.5) is 5.13 Å². The highest BCUT2D eigenvalue weighted by Crippen LogP contribution is 2.34. The summed E-state index contributed by atoms with van der Waals surface area (Å²) in [5.41, 5.74) is 0.973. The van der Waals surface area contributed by atoms with Crippen LogP contribution in [0.1, 0.15) is 56.2 Å². The Labute approximate surface area is 114 Å². The van der Waals surface area contributed by atoms with Crippen LogP contribution in [0.2, 0.25) is 0 Å². The van der Waals surface area contributed by atoms with Crippen molar-refractivity contribution in [3.8, 4) is 0 Å². The molecule has 4 heteroatoms. The Morgan fingerprint density at radius 2 is 2.17 bits per heavy atom. The quantitative estimate of drug-likeness (QED) is 0.911. The average molecular weight is 268 g/mol. The number of anilines is 1. The van der Waals surface area contributed by atoms with E-state index in [-0.39, 0.29) is 0 Å². The summed E-state index contributed by atoms with van der Waals surface area (Å²) >= 11 is 1.64. The van der Waals surface area contributed by atoms with Gasteiger partial charge in [-0.05, 0) is 32.6 Å². The molecule has 0 spiro atoms. The normalized spacial score (nSPS) is 26.1. The van der Waals surface area contributed by atoms with Gasteiger partial charge in [0.05, 0.1) is 16.7 Å². The van der Waals surface area contributed by atoms with Gasteiger partial charge < -0.3 is 10.0 Å². The molecule has 1 aromatic heterocycles. The van der Waals surface area contributed by atoms with Crippen molar-refractivity contribution in [2.75, 3.05) is 11.9 Å². The Kier molecular flexibility index (Phi) is 4.28. The third-order valence-corrected chi connectivity index (χ3v) is 5.38. The van der Waals surface area contributed by atoms with Crippen molar-refractivity contribution < 1.29 is 5.11 Å². The molecule has 0 amide bonds. The molecule has 3 nitrogen and oxygen atoms in total. The van der Waals surface area contributed by atoms with Crippen molar-refractivity contribution in [1.82, 2.24) is 4.98 Å². The average Bonchev–Trinajstić information content (AvgIpc) is 2.70. The molecule has 1 fully saturated rings. The van der Waals surface area contributed by atoms with Crippen molar-refractivity contribution in [2.24, 2.45) is 5.92 Å². The molecule has 2 rings (SSSR count). The lowest BCUT2D eigenvalue weighted by molar-refractivity contribution is 0.202. The van der Waals surface area contributed by atoms with E-state index in [1.807, 2.05) is 13.8 Å². The lowest BCUT2D eigenvalue weighted by Gasteiger charge is -2.33. The fourth-order valence-corrected chi connectivity index (χ4v) is 3.88. The van der Waals surface area contributed by atoms with Gasteiger partial charge in [0.15, 0.2) is 5.13 Å². The summed E-state index contributed by atoms with van der Waals surface area (Å²) in [5.74, 6) is 0.823. The van der Waals surface area contributed by atoms with E-state index in [2.05, 4.69) is 23.9 Å². The van der Waals surface area contributed by atoms with Gasteiger partial charge in [0.1, 0.15) is 0 Å². The van der Waals surface area contributed by atoms with Crippen molar-refractivity contribution in [1.29, 1.82) is 0 Å². The zero-order valence-corrected chi connectivity index (χ0v) is 12.6. The smallest absolute Gasteiger partial charge is 0.185 e. The Balaban J connectivity index is 2.13. The first-order valence-electron chi connectivity index (χ1n) is 6.87. The number of thiazole rings is 1. The molecular formula is C14H24N2OS. The maximum Gasteiger partial charge on any atom is 0.185 e. The predicted octanol–water partition coefficient (Wildman–Crippen LogP) is 3.52. The number of aliphatic hydroxyl groups is 1. The molecule has 1 saturated carbocycles. The summed E-state index contributed by atoms with van der Waals surface area (Å²) in [5, 5.41) is 10.8. The van der Waals surface area contributed by atoms with Gasteiger partial charge in [0.25, 0.3) is 0 Å². The van der Waals surface area contributed by atoms with Crippen molar-refractivity contribution in [3.63, 3.8) is 0 Å². The van der Waals surface area contributed by atoms with E-state index < -0.39 is 6.10 Å². The molecule has 3 atom stereocenters. The van der Waals surface area contributed by atoms with Gasteiger partial charge >= 0.3 is 0 Å². The van der Waals surface area contributed by atoms with E-state index in [0.717, 1.165) is 21.6 Å². The number of aryl methyl sites for hydroxylation is 1. The second kappa shape index (κ2) is 5.57. The maximum absolute atomic E-state index is 9.70. The second-order valence-corrected chi connectivity index (χ2v) is 6.67. The molecule has 0 saturated heterocycles. The highest BCUT2D eigenvalue weighted by atomic mass is 32.1. The molecule has 1 aliphatic carbocycles. The van der Waals surface area contributed by atoms with Crippen LogP contribution in [0.5, 0.6) is 0 Å². The van der Waals surface area contributed by atoms with E-state index in [9.17, 15) is 5.11 Å². The van der Waals surface area contributed by atoms with E-state index in [1.54, 1.807) is 11.3 Å².